The zero-order chi connectivity index (χ0) is 24.1. The standard InChI is InChI=1S/C28H50O4/c1-9-23(31-25(29)27(7)15-12-13-16-27)21(6)18-22-14-10-11-17-28(22,8)26(30)32-24(19(2)3)20(4)5/h19-24H,9-18H2,1-8H3. The maximum Gasteiger partial charge on any atom is 0.312 e. The molecule has 0 aromatic carbocycles. The molecule has 0 bridgehead atoms. The molecule has 4 nitrogen and oxygen atoms in total. The van der Waals surface area contributed by atoms with Gasteiger partial charge >= 0.3 is 11.9 Å². The first-order valence-corrected chi connectivity index (χ1v) is 13.4. The Kier molecular flexibility index (Phi) is 9.67. The van der Waals surface area contributed by atoms with Crippen molar-refractivity contribution in [3.05, 3.63) is 0 Å². The van der Waals surface area contributed by atoms with E-state index in [9.17, 15) is 9.59 Å². The number of carbonyl (C=O) groups excluding carboxylic acids is 2. The Labute approximate surface area is 197 Å². The summed E-state index contributed by atoms with van der Waals surface area (Å²) in [6.45, 7) is 17.0. The van der Waals surface area contributed by atoms with Crippen LogP contribution in [0.5, 0.6) is 0 Å². The Balaban J connectivity index is 2.08. The zero-order valence-electron chi connectivity index (χ0n) is 22.2. The van der Waals surface area contributed by atoms with Gasteiger partial charge in [-0.1, -0.05) is 67.2 Å². The van der Waals surface area contributed by atoms with Gasteiger partial charge in [-0.25, -0.2) is 0 Å². The maximum atomic E-state index is 13.5. The van der Waals surface area contributed by atoms with Gasteiger partial charge in [-0.05, 0) is 76.0 Å². The van der Waals surface area contributed by atoms with Crippen LogP contribution in [0.4, 0.5) is 0 Å². The fraction of sp³-hybridized carbons (Fsp3) is 0.929. The normalized spacial score (nSPS) is 27.5. The summed E-state index contributed by atoms with van der Waals surface area (Å²) in [6, 6.07) is 0. The number of esters is 2. The van der Waals surface area contributed by atoms with Gasteiger partial charge in [-0.3, -0.25) is 9.59 Å². The number of hydrogen-bond acceptors (Lipinski definition) is 4. The molecular formula is C28H50O4. The Morgan fingerprint density at radius 1 is 0.844 bits per heavy atom. The van der Waals surface area contributed by atoms with Gasteiger partial charge in [-0.2, -0.15) is 0 Å². The number of rotatable bonds is 10. The van der Waals surface area contributed by atoms with Crippen molar-refractivity contribution in [2.75, 3.05) is 0 Å². The number of ether oxygens (including phenoxy) is 2. The minimum atomic E-state index is -0.450. The topological polar surface area (TPSA) is 52.6 Å². The van der Waals surface area contributed by atoms with E-state index in [1.807, 2.05) is 0 Å². The summed E-state index contributed by atoms with van der Waals surface area (Å²) in [5, 5.41) is 0. The molecule has 0 radical (unpaired) electrons. The number of hydrogen-bond donors (Lipinski definition) is 0. The van der Waals surface area contributed by atoms with Crippen LogP contribution in [0.25, 0.3) is 0 Å². The molecule has 32 heavy (non-hydrogen) atoms. The number of carbonyl (C=O) groups is 2. The Morgan fingerprint density at radius 3 is 1.94 bits per heavy atom. The van der Waals surface area contributed by atoms with Crippen LogP contribution in [0.3, 0.4) is 0 Å². The molecular weight excluding hydrogens is 400 g/mol. The van der Waals surface area contributed by atoms with E-state index in [2.05, 4.69) is 55.4 Å². The first kappa shape index (κ1) is 27.2. The molecule has 186 valence electrons. The minimum absolute atomic E-state index is 0.0174. The van der Waals surface area contributed by atoms with Crippen molar-refractivity contribution in [2.24, 2.45) is 34.5 Å². The van der Waals surface area contributed by atoms with Crippen LogP contribution in [-0.4, -0.2) is 24.1 Å². The summed E-state index contributed by atoms with van der Waals surface area (Å²) in [4.78, 5) is 26.4. The second-order valence-electron chi connectivity index (χ2n) is 12.1. The molecule has 0 amide bonds. The smallest absolute Gasteiger partial charge is 0.312 e. The van der Waals surface area contributed by atoms with E-state index < -0.39 is 5.41 Å². The van der Waals surface area contributed by atoms with Gasteiger partial charge < -0.3 is 9.47 Å². The summed E-state index contributed by atoms with van der Waals surface area (Å²) in [6.07, 6.45) is 9.89. The zero-order valence-corrected chi connectivity index (χ0v) is 22.2. The Hall–Kier alpha value is -1.06. The quantitative estimate of drug-likeness (QED) is 0.327. The predicted molar refractivity (Wildman–Crippen MR) is 130 cm³/mol. The first-order valence-electron chi connectivity index (χ1n) is 13.4. The largest absolute Gasteiger partial charge is 0.462 e. The second kappa shape index (κ2) is 11.4. The van der Waals surface area contributed by atoms with Gasteiger partial charge in [0.25, 0.3) is 0 Å². The molecule has 0 aromatic rings. The molecule has 0 N–H and O–H groups in total. The van der Waals surface area contributed by atoms with Crippen molar-refractivity contribution >= 4 is 11.9 Å². The molecule has 4 heteroatoms. The maximum absolute atomic E-state index is 13.5. The Bertz CT molecular complexity index is 611. The van der Waals surface area contributed by atoms with E-state index in [1.54, 1.807) is 0 Å². The van der Waals surface area contributed by atoms with Gasteiger partial charge in [-0.15, -0.1) is 0 Å². The third-order valence-electron chi connectivity index (χ3n) is 8.57. The van der Waals surface area contributed by atoms with E-state index in [0.717, 1.165) is 64.2 Å². The van der Waals surface area contributed by atoms with Gasteiger partial charge in [0.2, 0.25) is 0 Å². The fourth-order valence-electron chi connectivity index (χ4n) is 6.19. The van der Waals surface area contributed by atoms with E-state index in [-0.39, 0.29) is 41.4 Å². The third kappa shape index (κ3) is 6.29. The average Bonchev–Trinajstić information content (AvgIpc) is 3.18. The van der Waals surface area contributed by atoms with Crippen molar-refractivity contribution in [1.82, 2.24) is 0 Å². The Morgan fingerprint density at radius 2 is 1.41 bits per heavy atom. The summed E-state index contributed by atoms with van der Waals surface area (Å²) < 4.78 is 12.2. The van der Waals surface area contributed by atoms with E-state index in [0.29, 0.717) is 11.8 Å². The highest BCUT2D eigenvalue weighted by atomic mass is 16.5. The van der Waals surface area contributed by atoms with Crippen molar-refractivity contribution < 1.29 is 19.1 Å². The highest BCUT2D eigenvalue weighted by Crippen LogP contribution is 2.46. The lowest BCUT2D eigenvalue weighted by atomic mass is 9.64. The SMILES string of the molecule is CCC(OC(=O)C1(C)CCCC1)C(C)CC1CCCCC1(C)C(=O)OC(C(C)C)C(C)C. The third-order valence-corrected chi connectivity index (χ3v) is 8.57. The molecule has 0 spiro atoms. The molecule has 2 aliphatic carbocycles. The van der Waals surface area contributed by atoms with Crippen LogP contribution in [0.15, 0.2) is 0 Å². The second-order valence-corrected chi connectivity index (χ2v) is 12.1. The van der Waals surface area contributed by atoms with Crippen LogP contribution in [0.1, 0.15) is 120 Å². The van der Waals surface area contributed by atoms with Crippen LogP contribution in [-0.2, 0) is 19.1 Å². The van der Waals surface area contributed by atoms with Crippen LogP contribution in [0, 0.1) is 34.5 Å². The van der Waals surface area contributed by atoms with Crippen LogP contribution in [0.2, 0.25) is 0 Å². The monoisotopic (exact) mass is 450 g/mol. The molecule has 4 unspecified atom stereocenters. The predicted octanol–water partition coefficient (Wildman–Crippen LogP) is 7.34. The minimum Gasteiger partial charge on any atom is -0.462 e. The highest BCUT2D eigenvalue weighted by Gasteiger charge is 2.46. The van der Waals surface area contributed by atoms with E-state index in [4.69, 9.17) is 9.47 Å². The lowest BCUT2D eigenvalue weighted by Crippen LogP contribution is -2.44. The van der Waals surface area contributed by atoms with E-state index >= 15 is 0 Å². The molecule has 0 aromatic heterocycles. The summed E-state index contributed by atoms with van der Waals surface area (Å²) in [5.41, 5.74) is -0.757. The summed E-state index contributed by atoms with van der Waals surface area (Å²) in [7, 11) is 0. The molecule has 2 aliphatic rings. The molecule has 0 aliphatic heterocycles. The van der Waals surface area contributed by atoms with Gasteiger partial charge in [0.05, 0.1) is 10.8 Å². The van der Waals surface area contributed by atoms with Crippen molar-refractivity contribution in [2.45, 2.75) is 132 Å². The average molecular weight is 451 g/mol. The van der Waals surface area contributed by atoms with Gasteiger partial charge in [0, 0.05) is 0 Å². The summed E-state index contributed by atoms with van der Waals surface area (Å²) in [5.74, 6) is 1.08. The molecule has 2 fully saturated rings. The lowest BCUT2D eigenvalue weighted by Gasteiger charge is -2.42. The lowest BCUT2D eigenvalue weighted by molar-refractivity contribution is -0.174. The molecule has 2 saturated carbocycles. The van der Waals surface area contributed by atoms with Crippen molar-refractivity contribution in [3.63, 3.8) is 0 Å². The first-order chi connectivity index (χ1) is 14.9. The highest BCUT2D eigenvalue weighted by molar-refractivity contribution is 5.77. The fourth-order valence-corrected chi connectivity index (χ4v) is 6.19. The van der Waals surface area contributed by atoms with Gasteiger partial charge in [0.15, 0.2) is 0 Å². The van der Waals surface area contributed by atoms with Crippen LogP contribution < -0.4 is 0 Å². The van der Waals surface area contributed by atoms with Crippen LogP contribution >= 0.6 is 0 Å². The summed E-state index contributed by atoms with van der Waals surface area (Å²) >= 11 is 0. The van der Waals surface area contributed by atoms with Crippen molar-refractivity contribution in [1.29, 1.82) is 0 Å². The molecule has 0 saturated heterocycles. The van der Waals surface area contributed by atoms with Crippen molar-refractivity contribution in [3.8, 4) is 0 Å². The molecule has 4 atom stereocenters. The van der Waals surface area contributed by atoms with E-state index in [1.165, 1.54) is 0 Å². The molecule has 2 rings (SSSR count). The van der Waals surface area contributed by atoms with Gasteiger partial charge in [0.1, 0.15) is 12.2 Å². The molecule has 0 heterocycles.